The number of rotatable bonds is 0. The number of hydrogen-bond acceptors (Lipinski definition) is 2. The topological polar surface area (TPSA) is 22.9 Å². The first kappa shape index (κ1) is 9.24. The van der Waals surface area contributed by atoms with Crippen LogP contribution in [0.1, 0.15) is 0 Å². The van der Waals surface area contributed by atoms with E-state index in [1.54, 1.807) is 0 Å². The van der Waals surface area contributed by atoms with Crippen LogP contribution in [0.4, 0.5) is 11.4 Å². The molecule has 3 rings (SSSR count). The van der Waals surface area contributed by atoms with Crippen LogP contribution in [0.25, 0.3) is 0 Å². The minimum atomic E-state index is 0.698. The van der Waals surface area contributed by atoms with Crippen LogP contribution in [0.5, 0.6) is 11.5 Å². The van der Waals surface area contributed by atoms with Crippen molar-refractivity contribution in [2.45, 2.75) is 0 Å². The Bertz CT molecular complexity index is 477. The van der Waals surface area contributed by atoms with Crippen molar-refractivity contribution in [3.05, 3.63) is 55.6 Å². The van der Waals surface area contributed by atoms with Gasteiger partial charge in [-0.25, -0.2) is 0 Å². The Hall–Kier alpha value is -2.00. The van der Waals surface area contributed by atoms with E-state index in [1.165, 1.54) is 0 Å². The first-order valence-electron chi connectivity index (χ1n) is 5.08. The van der Waals surface area contributed by atoms with Crippen molar-refractivity contribution < 1.29 is 14.7 Å². The molecule has 3 heteroatoms. The van der Waals surface area contributed by atoms with E-state index in [1.807, 2.05) is 48.5 Å². The predicted octanol–water partition coefficient (Wildman–Crippen LogP) is 2.01. The molecule has 0 spiro atoms. The fourth-order valence-corrected chi connectivity index (χ4v) is 1.81. The van der Waals surface area contributed by atoms with E-state index in [0.29, 0.717) is 11.5 Å². The van der Waals surface area contributed by atoms with Crippen molar-refractivity contribution in [2.75, 3.05) is 0 Å². The average molecular weight is 213 g/mol. The molecular weight excluding hydrogens is 202 g/mol. The van der Waals surface area contributed by atoms with Crippen LogP contribution in [-0.2, 0) is 0 Å². The molecule has 0 bridgehead atoms. The normalized spacial score (nSPS) is 14.1. The van der Waals surface area contributed by atoms with E-state index < -0.39 is 0 Å². The van der Waals surface area contributed by atoms with Crippen molar-refractivity contribution in [1.82, 2.24) is 0 Å². The number of hydrogen-bond donors (Lipinski definition) is 1. The van der Waals surface area contributed by atoms with Crippen molar-refractivity contribution in [3.63, 3.8) is 0 Å². The molecule has 0 fully saturated rings. The van der Waals surface area contributed by atoms with Gasteiger partial charge in [0, 0.05) is 12.1 Å². The van der Waals surface area contributed by atoms with Gasteiger partial charge in [-0.15, -0.1) is 7.05 Å². The molecular formula is C13H11NO2. The summed E-state index contributed by atoms with van der Waals surface area (Å²) in [6, 6.07) is 15.4. The molecule has 1 heterocycles. The minimum absolute atomic E-state index is 0.698. The lowest BCUT2D eigenvalue weighted by Crippen LogP contribution is -2.95. The highest BCUT2D eigenvalue weighted by atomic mass is 17.2. The first-order valence-corrected chi connectivity index (χ1v) is 5.08. The summed E-state index contributed by atoms with van der Waals surface area (Å²) >= 11 is 0. The van der Waals surface area contributed by atoms with Gasteiger partial charge in [0.15, 0.2) is 11.4 Å². The Balaban J connectivity index is 2.18. The van der Waals surface area contributed by atoms with Crippen molar-refractivity contribution in [1.29, 1.82) is 0 Å². The van der Waals surface area contributed by atoms with E-state index >= 15 is 0 Å². The zero-order valence-corrected chi connectivity index (χ0v) is 8.64. The molecule has 1 aliphatic rings. The highest BCUT2D eigenvalue weighted by Crippen LogP contribution is 2.30. The van der Waals surface area contributed by atoms with Crippen LogP contribution in [0, 0.1) is 7.05 Å². The lowest BCUT2D eigenvalue weighted by Gasteiger charge is -2.18. The van der Waals surface area contributed by atoms with E-state index in [9.17, 15) is 0 Å². The lowest BCUT2D eigenvalue weighted by molar-refractivity contribution is -0.704. The van der Waals surface area contributed by atoms with Crippen LogP contribution in [0.15, 0.2) is 48.5 Å². The second-order valence-electron chi connectivity index (χ2n) is 3.64. The molecule has 0 saturated carbocycles. The fourth-order valence-electron chi connectivity index (χ4n) is 1.81. The van der Waals surface area contributed by atoms with Gasteiger partial charge >= 0.3 is 0 Å². The van der Waals surface area contributed by atoms with Crippen LogP contribution in [0.2, 0.25) is 0 Å². The molecule has 0 aromatic heterocycles. The number of benzene rings is 2. The van der Waals surface area contributed by atoms with E-state index in [0.717, 1.165) is 16.3 Å². The second-order valence-corrected chi connectivity index (χ2v) is 3.64. The summed E-state index contributed by atoms with van der Waals surface area (Å²) < 4.78 is 0. The second kappa shape index (κ2) is 3.54. The summed E-state index contributed by atoms with van der Waals surface area (Å²) in [6.07, 6.45) is 0. The predicted molar refractivity (Wildman–Crippen MR) is 59.8 cm³/mol. The molecule has 80 valence electrons. The first-order chi connectivity index (χ1) is 7.86. The molecule has 0 atom stereocenters. The van der Waals surface area contributed by atoms with Gasteiger partial charge in [-0.2, -0.15) is 0 Å². The largest absolute Gasteiger partial charge is 0.395 e. The van der Waals surface area contributed by atoms with Gasteiger partial charge in [-0.05, 0) is 12.1 Å². The van der Waals surface area contributed by atoms with Crippen LogP contribution in [0.3, 0.4) is 0 Å². The summed E-state index contributed by atoms with van der Waals surface area (Å²) in [5.74, 6) is 1.40. The maximum absolute atomic E-state index is 5.28. The number of quaternary nitrogens is 1. The molecule has 1 N–H and O–H groups in total. The SMILES string of the molecule is [CH2-][NH+]1c2ccccc2OOc2ccccc21. The Morgan fingerprint density at radius 2 is 1.19 bits per heavy atom. The molecule has 0 radical (unpaired) electrons. The summed E-state index contributed by atoms with van der Waals surface area (Å²) in [4.78, 5) is 11.5. The smallest absolute Gasteiger partial charge is 0.236 e. The molecule has 0 aliphatic carbocycles. The third-order valence-electron chi connectivity index (χ3n) is 2.65. The summed E-state index contributed by atoms with van der Waals surface area (Å²) in [5, 5.41) is 0. The van der Waals surface area contributed by atoms with E-state index in [-0.39, 0.29) is 0 Å². The quantitative estimate of drug-likeness (QED) is 0.534. The monoisotopic (exact) mass is 213 g/mol. The van der Waals surface area contributed by atoms with E-state index in [2.05, 4.69) is 7.05 Å². The number of fused-ring (bicyclic) bond motifs is 2. The van der Waals surface area contributed by atoms with Crippen molar-refractivity contribution in [2.24, 2.45) is 0 Å². The molecule has 0 amide bonds. The molecule has 2 aromatic carbocycles. The lowest BCUT2D eigenvalue weighted by atomic mass is 10.2. The minimum Gasteiger partial charge on any atom is -0.395 e. The van der Waals surface area contributed by atoms with Gasteiger partial charge < -0.3 is 4.90 Å². The highest BCUT2D eigenvalue weighted by molar-refractivity contribution is 5.54. The van der Waals surface area contributed by atoms with Crippen LogP contribution < -0.4 is 14.7 Å². The Morgan fingerprint density at radius 3 is 1.69 bits per heavy atom. The molecule has 2 aromatic rings. The molecule has 0 saturated heterocycles. The van der Waals surface area contributed by atoms with Crippen molar-refractivity contribution >= 4 is 11.4 Å². The zero-order valence-electron chi connectivity index (χ0n) is 8.64. The standard InChI is InChI=1S/C13H11NO2/c1-14-10-6-2-4-8-12(10)15-16-13-9-5-3-7-11(13)14/h2-9,14H,1H2. The Morgan fingerprint density at radius 1 is 0.750 bits per heavy atom. The van der Waals surface area contributed by atoms with Gasteiger partial charge in [-0.1, -0.05) is 24.3 Å². The van der Waals surface area contributed by atoms with Crippen molar-refractivity contribution in [3.8, 4) is 11.5 Å². The molecule has 1 aliphatic heterocycles. The zero-order chi connectivity index (χ0) is 11.0. The Labute approximate surface area is 93.8 Å². The van der Waals surface area contributed by atoms with Gasteiger partial charge in [-0.3, -0.25) is 9.78 Å². The highest BCUT2D eigenvalue weighted by Gasteiger charge is 2.21. The third kappa shape index (κ3) is 1.33. The third-order valence-corrected chi connectivity index (χ3v) is 2.65. The number of nitrogens with one attached hydrogen (secondary N) is 1. The molecule has 16 heavy (non-hydrogen) atoms. The van der Waals surface area contributed by atoms with Gasteiger partial charge in [0.2, 0.25) is 11.5 Å². The van der Waals surface area contributed by atoms with Crippen LogP contribution in [-0.4, -0.2) is 0 Å². The fraction of sp³-hybridized carbons (Fsp3) is 0. The van der Waals surface area contributed by atoms with Crippen LogP contribution >= 0.6 is 0 Å². The van der Waals surface area contributed by atoms with Gasteiger partial charge in [0.05, 0.1) is 0 Å². The summed E-state index contributed by atoms with van der Waals surface area (Å²) in [7, 11) is 4.10. The average Bonchev–Trinajstić information content (AvgIpc) is 2.49. The maximum Gasteiger partial charge on any atom is 0.236 e. The molecule has 3 nitrogen and oxygen atoms in total. The summed E-state index contributed by atoms with van der Waals surface area (Å²) in [6.45, 7) is 0. The maximum atomic E-state index is 5.28. The van der Waals surface area contributed by atoms with E-state index in [4.69, 9.17) is 9.78 Å². The van der Waals surface area contributed by atoms with Gasteiger partial charge in [0.25, 0.3) is 0 Å². The Kier molecular flexibility index (Phi) is 2.04. The summed E-state index contributed by atoms with van der Waals surface area (Å²) in [5.41, 5.74) is 1.93. The number of para-hydroxylation sites is 4. The van der Waals surface area contributed by atoms with Gasteiger partial charge in [0.1, 0.15) is 0 Å². The molecule has 0 unspecified atom stereocenters.